The van der Waals surface area contributed by atoms with Crippen molar-refractivity contribution in [1.29, 1.82) is 0 Å². The van der Waals surface area contributed by atoms with Crippen LogP contribution in [0.1, 0.15) is 38.6 Å². The second-order valence-electron chi connectivity index (χ2n) is 4.77. The van der Waals surface area contributed by atoms with E-state index in [0.717, 1.165) is 25.1 Å². The quantitative estimate of drug-likeness (QED) is 0.839. The SMILES string of the molecule is CCCCN(c1ccccc1)c1nnc(C(C)NC)o1. The van der Waals surface area contributed by atoms with Crippen LogP contribution in [0.4, 0.5) is 11.7 Å². The Hall–Kier alpha value is -1.88. The fourth-order valence-corrected chi connectivity index (χ4v) is 1.89. The van der Waals surface area contributed by atoms with Crippen molar-refractivity contribution in [2.24, 2.45) is 0 Å². The van der Waals surface area contributed by atoms with Gasteiger partial charge in [-0.1, -0.05) is 36.6 Å². The van der Waals surface area contributed by atoms with Gasteiger partial charge in [0, 0.05) is 12.2 Å². The minimum atomic E-state index is 0.0556. The molecule has 0 amide bonds. The zero-order valence-electron chi connectivity index (χ0n) is 12.3. The van der Waals surface area contributed by atoms with Crippen molar-refractivity contribution in [3.63, 3.8) is 0 Å². The lowest BCUT2D eigenvalue weighted by Gasteiger charge is -2.19. The molecule has 5 heteroatoms. The number of hydrogen-bond acceptors (Lipinski definition) is 5. The first-order valence-electron chi connectivity index (χ1n) is 7.09. The van der Waals surface area contributed by atoms with Crippen molar-refractivity contribution in [3.8, 4) is 0 Å². The normalized spacial score (nSPS) is 12.3. The van der Waals surface area contributed by atoms with Gasteiger partial charge in [-0.3, -0.25) is 4.90 Å². The Kier molecular flexibility index (Phi) is 5.12. The van der Waals surface area contributed by atoms with Gasteiger partial charge < -0.3 is 9.73 Å². The van der Waals surface area contributed by atoms with E-state index in [1.165, 1.54) is 0 Å². The monoisotopic (exact) mass is 274 g/mol. The molecule has 0 bridgehead atoms. The summed E-state index contributed by atoms with van der Waals surface area (Å²) in [5.74, 6) is 0.611. The van der Waals surface area contributed by atoms with Crippen LogP contribution in [0.2, 0.25) is 0 Å². The second-order valence-corrected chi connectivity index (χ2v) is 4.77. The van der Waals surface area contributed by atoms with Crippen molar-refractivity contribution < 1.29 is 4.42 Å². The number of benzene rings is 1. The second kappa shape index (κ2) is 7.05. The molecule has 0 saturated carbocycles. The van der Waals surface area contributed by atoms with E-state index in [-0.39, 0.29) is 6.04 Å². The third-order valence-electron chi connectivity index (χ3n) is 3.27. The summed E-state index contributed by atoms with van der Waals surface area (Å²) in [6.45, 7) is 5.04. The molecule has 1 aromatic carbocycles. The van der Waals surface area contributed by atoms with E-state index < -0.39 is 0 Å². The molecule has 5 nitrogen and oxygen atoms in total. The molecule has 1 N–H and O–H groups in total. The van der Waals surface area contributed by atoms with E-state index in [9.17, 15) is 0 Å². The number of nitrogens with one attached hydrogen (secondary N) is 1. The first-order valence-corrected chi connectivity index (χ1v) is 7.09. The van der Waals surface area contributed by atoms with E-state index in [1.807, 2.05) is 32.2 Å². The Morgan fingerprint density at radius 2 is 2.00 bits per heavy atom. The van der Waals surface area contributed by atoms with Gasteiger partial charge in [0.15, 0.2) is 0 Å². The standard InChI is InChI=1S/C15H22N4O/c1-4-5-11-19(13-9-7-6-8-10-13)15-18-17-14(20-15)12(2)16-3/h6-10,12,16H,4-5,11H2,1-3H3. The fourth-order valence-electron chi connectivity index (χ4n) is 1.89. The summed E-state index contributed by atoms with van der Waals surface area (Å²) < 4.78 is 5.79. The molecule has 0 fully saturated rings. The maximum Gasteiger partial charge on any atom is 0.322 e. The number of anilines is 2. The molecule has 0 spiro atoms. The predicted octanol–water partition coefficient (Wildman–Crippen LogP) is 3.29. The van der Waals surface area contributed by atoms with Crippen LogP contribution in [-0.4, -0.2) is 23.8 Å². The molecule has 1 atom stereocenters. The number of para-hydroxylation sites is 1. The molecule has 0 radical (unpaired) electrons. The van der Waals surface area contributed by atoms with Gasteiger partial charge in [-0.2, -0.15) is 0 Å². The van der Waals surface area contributed by atoms with Crippen LogP contribution in [0.3, 0.4) is 0 Å². The van der Waals surface area contributed by atoms with E-state index in [2.05, 4.69) is 39.5 Å². The zero-order valence-corrected chi connectivity index (χ0v) is 12.3. The average molecular weight is 274 g/mol. The topological polar surface area (TPSA) is 54.2 Å². The van der Waals surface area contributed by atoms with Crippen LogP contribution in [0.15, 0.2) is 34.7 Å². The van der Waals surface area contributed by atoms with Gasteiger partial charge in [0.05, 0.1) is 6.04 Å². The number of rotatable bonds is 7. The predicted molar refractivity (Wildman–Crippen MR) is 80.1 cm³/mol. The lowest BCUT2D eigenvalue weighted by molar-refractivity contribution is 0.434. The molecule has 20 heavy (non-hydrogen) atoms. The number of nitrogens with zero attached hydrogens (tertiary/aromatic N) is 3. The van der Waals surface area contributed by atoms with Gasteiger partial charge in [-0.05, 0) is 32.5 Å². The Bertz CT molecular complexity index is 512. The molecule has 1 aromatic heterocycles. The van der Waals surface area contributed by atoms with Gasteiger partial charge >= 0.3 is 6.01 Å². The Labute approximate surface area is 120 Å². The average Bonchev–Trinajstić information content (AvgIpc) is 2.98. The van der Waals surface area contributed by atoms with E-state index >= 15 is 0 Å². The maximum atomic E-state index is 5.79. The van der Waals surface area contributed by atoms with Crippen LogP contribution in [-0.2, 0) is 0 Å². The van der Waals surface area contributed by atoms with E-state index in [0.29, 0.717) is 11.9 Å². The highest BCUT2D eigenvalue weighted by Crippen LogP contribution is 2.25. The first-order chi connectivity index (χ1) is 9.76. The van der Waals surface area contributed by atoms with Crippen LogP contribution in [0, 0.1) is 0 Å². The lowest BCUT2D eigenvalue weighted by Crippen LogP contribution is -2.18. The highest BCUT2D eigenvalue weighted by Gasteiger charge is 2.18. The van der Waals surface area contributed by atoms with Crippen molar-refractivity contribution in [2.75, 3.05) is 18.5 Å². The summed E-state index contributed by atoms with van der Waals surface area (Å²) in [5.41, 5.74) is 1.08. The van der Waals surface area contributed by atoms with Gasteiger partial charge in [0.1, 0.15) is 0 Å². The van der Waals surface area contributed by atoms with Crippen molar-refractivity contribution >= 4 is 11.7 Å². The molecule has 108 valence electrons. The number of unbranched alkanes of at least 4 members (excludes halogenated alkanes) is 1. The molecule has 0 aliphatic carbocycles. The Morgan fingerprint density at radius 1 is 1.25 bits per heavy atom. The molecule has 0 aliphatic heterocycles. The van der Waals surface area contributed by atoms with E-state index in [4.69, 9.17) is 4.42 Å². The van der Waals surface area contributed by atoms with Crippen LogP contribution in [0.25, 0.3) is 0 Å². The zero-order chi connectivity index (χ0) is 14.4. The molecule has 2 rings (SSSR count). The van der Waals surface area contributed by atoms with Crippen LogP contribution in [0.5, 0.6) is 0 Å². The highest BCUT2D eigenvalue weighted by molar-refractivity contribution is 5.55. The molecular formula is C15H22N4O. The van der Waals surface area contributed by atoms with Crippen molar-refractivity contribution in [3.05, 3.63) is 36.2 Å². The van der Waals surface area contributed by atoms with Gasteiger partial charge in [0.2, 0.25) is 5.89 Å². The van der Waals surface area contributed by atoms with E-state index in [1.54, 1.807) is 0 Å². The summed E-state index contributed by atoms with van der Waals surface area (Å²) in [6, 6.07) is 10.8. The fraction of sp³-hybridized carbons (Fsp3) is 0.467. The molecule has 1 heterocycles. The minimum absolute atomic E-state index is 0.0556. The van der Waals surface area contributed by atoms with Crippen LogP contribution < -0.4 is 10.2 Å². The molecule has 1 unspecified atom stereocenters. The third-order valence-corrected chi connectivity index (χ3v) is 3.27. The molecule has 0 saturated heterocycles. The summed E-state index contributed by atoms with van der Waals surface area (Å²) in [5, 5.41) is 11.4. The third kappa shape index (κ3) is 3.36. The van der Waals surface area contributed by atoms with Crippen molar-refractivity contribution in [1.82, 2.24) is 15.5 Å². The molecule has 0 aliphatic rings. The van der Waals surface area contributed by atoms with Gasteiger partial charge in [-0.25, -0.2) is 0 Å². The minimum Gasteiger partial charge on any atom is -0.406 e. The summed E-state index contributed by atoms with van der Waals surface area (Å²) >= 11 is 0. The smallest absolute Gasteiger partial charge is 0.322 e. The first kappa shape index (κ1) is 14.5. The molecule has 2 aromatic rings. The van der Waals surface area contributed by atoms with Gasteiger partial charge in [-0.15, -0.1) is 5.10 Å². The summed E-state index contributed by atoms with van der Waals surface area (Å²) in [7, 11) is 1.88. The summed E-state index contributed by atoms with van der Waals surface area (Å²) in [4.78, 5) is 2.07. The molecular weight excluding hydrogens is 252 g/mol. The summed E-state index contributed by atoms with van der Waals surface area (Å²) in [6.07, 6.45) is 2.20. The Balaban J connectivity index is 2.24. The number of hydrogen-bond donors (Lipinski definition) is 1. The lowest BCUT2D eigenvalue weighted by atomic mass is 10.2. The maximum absolute atomic E-state index is 5.79. The highest BCUT2D eigenvalue weighted by atomic mass is 16.4. The Morgan fingerprint density at radius 3 is 2.65 bits per heavy atom. The number of aromatic nitrogens is 2. The van der Waals surface area contributed by atoms with Crippen LogP contribution >= 0.6 is 0 Å². The largest absolute Gasteiger partial charge is 0.406 e. The van der Waals surface area contributed by atoms with Gasteiger partial charge in [0.25, 0.3) is 0 Å². The van der Waals surface area contributed by atoms with Crippen molar-refractivity contribution in [2.45, 2.75) is 32.7 Å².